The molecule has 0 aliphatic heterocycles. The summed E-state index contributed by atoms with van der Waals surface area (Å²) in [6.07, 6.45) is 0. The highest BCUT2D eigenvalue weighted by Crippen LogP contribution is 2.57. The van der Waals surface area contributed by atoms with E-state index in [0.29, 0.717) is 0 Å². The fourth-order valence-electron chi connectivity index (χ4n) is 4.90. The highest BCUT2D eigenvalue weighted by Gasteiger charge is 2.45. The van der Waals surface area contributed by atoms with Gasteiger partial charge in [0, 0.05) is 27.8 Å². The number of rotatable bonds is 3. The Morgan fingerprint density at radius 3 is 1.00 bits per heavy atom. The molecule has 16 heteroatoms. The van der Waals surface area contributed by atoms with Gasteiger partial charge >= 0.3 is 0 Å². The number of nitrogens with zero attached hydrogens (tertiary/aromatic N) is 6. The molecule has 0 unspecified atom stereocenters. The van der Waals surface area contributed by atoms with Crippen LogP contribution >= 0.6 is 0 Å². The maximum absolute atomic E-state index is 15.5. The molecule has 0 bridgehead atoms. The molecule has 3 aromatic rings. The lowest BCUT2D eigenvalue weighted by Gasteiger charge is -2.10. The molecule has 3 aromatic carbocycles. The quantitative estimate of drug-likeness (QED) is 0.161. The summed E-state index contributed by atoms with van der Waals surface area (Å²) in [4.78, 5) is 0. The van der Waals surface area contributed by atoms with Gasteiger partial charge in [0.1, 0.15) is 59.2 Å². The van der Waals surface area contributed by atoms with Crippen molar-refractivity contribution in [1.82, 2.24) is 0 Å². The maximum Gasteiger partial charge on any atom is 0.180 e. The second kappa shape index (κ2) is 12.1. The first kappa shape index (κ1) is 34.0. The van der Waals surface area contributed by atoms with E-state index < -0.39 is 136 Å². The Hall–Kier alpha value is -6.88. The molecular weight excluding hydrogens is 658 g/mol. The lowest BCUT2D eigenvalue weighted by Crippen LogP contribution is -2.06. The number of halogens is 10. The number of nitriles is 6. The smallest absolute Gasteiger partial charge is 0.180 e. The van der Waals surface area contributed by atoms with Gasteiger partial charge in [-0.05, 0) is 19.4 Å². The van der Waals surface area contributed by atoms with Gasteiger partial charge in [0.25, 0.3) is 0 Å². The van der Waals surface area contributed by atoms with Crippen LogP contribution in [0.2, 0.25) is 0 Å². The number of benzene rings is 3. The van der Waals surface area contributed by atoms with Crippen LogP contribution in [0.3, 0.4) is 0 Å². The van der Waals surface area contributed by atoms with E-state index in [0.717, 1.165) is 32.1 Å². The average molecular weight is 664 g/mol. The topological polar surface area (TPSA) is 143 Å². The molecule has 1 aliphatic carbocycles. The third-order valence-corrected chi connectivity index (χ3v) is 7.23. The molecule has 6 nitrogen and oxygen atoms in total. The van der Waals surface area contributed by atoms with Crippen LogP contribution in [-0.4, -0.2) is 0 Å². The van der Waals surface area contributed by atoms with Crippen LogP contribution in [0, 0.1) is 140 Å². The average Bonchev–Trinajstić information content (AvgIpc) is 3.78. The first-order chi connectivity index (χ1) is 22.6. The molecule has 0 N–H and O–H groups in total. The largest absolute Gasteiger partial charge is 0.206 e. The van der Waals surface area contributed by atoms with E-state index in [4.69, 9.17) is 15.8 Å². The first-order valence-electron chi connectivity index (χ1n) is 12.5. The Balaban J connectivity index is 2.38. The Morgan fingerprint density at radius 2 is 0.646 bits per heavy atom. The highest BCUT2D eigenvalue weighted by atomic mass is 19.2. The van der Waals surface area contributed by atoms with Crippen molar-refractivity contribution in [1.29, 1.82) is 31.6 Å². The van der Waals surface area contributed by atoms with Crippen molar-refractivity contribution in [2.75, 3.05) is 0 Å². The van der Waals surface area contributed by atoms with Crippen molar-refractivity contribution in [2.45, 2.75) is 13.8 Å². The summed E-state index contributed by atoms with van der Waals surface area (Å²) >= 11 is 0. The van der Waals surface area contributed by atoms with Crippen LogP contribution in [0.4, 0.5) is 43.9 Å². The minimum absolute atomic E-state index is 0.723. The Bertz CT molecular complexity index is 2060. The molecular formula is C32H6F10N6. The minimum Gasteiger partial charge on any atom is -0.206 e. The van der Waals surface area contributed by atoms with Gasteiger partial charge in [-0.2, -0.15) is 31.6 Å². The van der Waals surface area contributed by atoms with E-state index >= 15 is 22.0 Å². The van der Waals surface area contributed by atoms with Crippen LogP contribution in [-0.2, 0) is 0 Å². The molecule has 0 spiro atoms. The van der Waals surface area contributed by atoms with Crippen molar-refractivity contribution in [3.63, 3.8) is 0 Å². The van der Waals surface area contributed by atoms with Crippen molar-refractivity contribution in [2.24, 2.45) is 0 Å². The van der Waals surface area contributed by atoms with E-state index in [2.05, 4.69) is 0 Å². The molecule has 1 aliphatic rings. The summed E-state index contributed by atoms with van der Waals surface area (Å²) in [5.41, 5.74) is -18.7. The van der Waals surface area contributed by atoms with E-state index in [1.807, 2.05) is 0 Å². The Morgan fingerprint density at radius 1 is 0.354 bits per heavy atom. The molecule has 0 saturated heterocycles. The number of hydrogen-bond acceptors (Lipinski definition) is 6. The standard InChI is InChI=1S/C32H6F10N6/c1-9-11(3-43)25(35)30(40)21(24(9)34)13(5-45)19-18(12(4-44)17-10(2)23(33)15(7-47)26(36)29(17)39)20(19)14(6-46)22-31(41)27(37)16(8-48)28(38)32(22)42/h1-2H3/b18-12?,19-13-,20-14+. The fourth-order valence-corrected chi connectivity index (χ4v) is 4.90. The molecule has 1 saturated carbocycles. The Labute approximate surface area is 262 Å². The minimum atomic E-state index is -2.40. The number of hydrogen-bond donors (Lipinski definition) is 0. The summed E-state index contributed by atoms with van der Waals surface area (Å²) in [5.74, 6) is -21.5. The summed E-state index contributed by atoms with van der Waals surface area (Å²) in [7, 11) is 0. The molecule has 4 rings (SSSR count). The predicted octanol–water partition coefficient (Wildman–Crippen LogP) is 7.56. The normalized spacial score (nSPS) is 14.9. The highest BCUT2D eigenvalue weighted by molar-refractivity contribution is 6.12. The summed E-state index contributed by atoms with van der Waals surface area (Å²) in [6.45, 7) is 1.50. The van der Waals surface area contributed by atoms with Crippen LogP contribution < -0.4 is 0 Å². The zero-order valence-electron chi connectivity index (χ0n) is 23.5. The maximum atomic E-state index is 15.5. The second-order valence-corrected chi connectivity index (χ2v) is 9.56. The van der Waals surface area contributed by atoms with Gasteiger partial charge in [0.05, 0.1) is 33.4 Å². The SMILES string of the molecule is Cc1c(F)c(/C(C#N)=C2/C(=C(C#N)c3c(C)c(F)c(C#N)c(F)c3F)/C2=C(/C#N)c2c(F)c(F)c(C#N)c(F)c2F)c(F)c(F)c1C#N. The predicted molar refractivity (Wildman–Crippen MR) is 140 cm³/mol. The molecule has 0 amide bonds. The summed E-state index contributed by atoms with van der Waals surface area (Å²) in [5, 5.41) is 57.0. The monoisotopic (exact) mass is 664 g/mol. The molecule has 0 aromatic heterocycles. The lowest BCUT2D eigenvalue weighted by atomic mass is 9.95. The van der Waals surface area contributed by atoms with Gasteiger partial charge in [-0.1, -0.05) is 0 Å². The van der Waals surface area contributed by atoms with E-state index in [1.165, 1.54) is 18.2 Å². The molecule has 48 heavy (non-hydrogen) atoms. The van der Waals surface area contributed by atoms with Gasteiger partial charge in [0.2, 0.25) is 0 Å². The van der Waals surface area contributed by atoms with Gasteiger partial charge in [-0.3, -0.25) is 0 Å². The van der Waals surface area contributed by atoms with Crippen molar-refractivity contribution < 1.29 is 43.9 Å². The van der Waals surface area contributed by atoms with Gasteiger partial charge in [-0.25, -0.2) is 43.9 Å². The van der Waals surface area contributed by atoms with Gasteiger partial charge in [-0.15, -0.1) is 0 Å². The second-order valence-electron chi connectivity index (χ2n) is 9.56. The molecule has 0 radical (unpaired) electrons. The van der Waals surface area contributed by atoms with Crippen LogP contribution in [0.1, 0.15) is 44.5 Å². The van der Waals surface area contributed by atoms with Crippen LogP contribution in [0.25, 0.3) is 16.7 Å². The summed E-state index contributed by atoms with van der Waals surface area (Å²) < 4.78 is 150. The zero-order chi connectivity index (χ0) is 36.1. The third-order valence-electron chi connectivity index (χ3n) is 7.23. The van der Waals surface area contributed by atoms with Crippen molar-refractivity contribution >= 4 is 16.7 Å². The molecule has 0 atom stereocenters. The van der Waals surface area contributed by atoms with Crippen LogP contribution in [0.5, 0.6) is 0 Å². The molecule has 234 valence electrons. The van der Waals surface area contributed by atoms with Crippen LogP contribution in [0.15, 0.2) is 16.7 Å². The molecule has 0 heterocycles. The van der Waals surface area contributed by atoms with E-state index in [-0.39, 0.29) is 0 Å². The number of allylic oxidation sites excluding steroid dienone is 6. The van der Waals surface area contributed by atoms with E-state index in [9.17, 15) is 37.7 Å². The van der Waals surface area contributed by atoms with Gasteiger partial charge < -0.3 is 0 Å². The lowest BCUT2D eigenvalue weighted by molar-refractivity contribution is 0.447. The fraction of sp³-hybridized carbons (Fsp3) is 0.0625. The first-order valence-corrected chi connectivity index (χ1v) is 12.5. The van der Waals surface area contributed by atoms with E-state index in [1.54, 1.807) is 0 Å². The van der Waals surface area contributed by atoms with Crippen molar-refractivity contribution in [3.8, 4) is 36.4 Å². The third kappa shape index (κ3) is 4.60. The summed E-state index contributed by atoms with van der Waals surface area (Å²) in [6, 6.07) is 6.67. The molecule has 1 fully saturated rings. The Kier molecular flexibility index (Phi) is 8.60. The van der Waals surface area contributed by atoms with Crippen molar-refractivity contribution in [3.05, 3.63) is 119 Å². The zero-order valence-corrected chi connectivity index (χ0v) is 23.5. The van der Waals surface area contributed by atoms with Gasteiger partial charge in [0.15, 0.2) is 46.5 Å².